The lowest BCUT2D eigenvalue weighted by Crippen LogP contribution is -2.25. The van der Waals surface area contributed by atoms with Crippen LogP contribution in [-0.4, -0.2) is 31.1 Å². The fourth-order valence-corrected chi connectivity index (χ4v) is 3.54. The van der Waals surface area contributed by atoms with E-state index in [9.17, 15) is 8.42 Å². The fraction of sp³-hybridized carbons (Fsp3) is 0.357. The summed E-state index contributed by atoms with van der Waals surface area (Å²) in [6.07, 6.45) is 6.90. The number of nitrogens with zero attached hydrogens (tertiary/aromatic N) is 2. The van der Waals surface area contributed by atoms with Crippen LogP contribution in [0.2, 0.25) is 0 Å². The highest BCUT2D eigenvalue weighted by Crippen LogP contribution is 2.24. The minimum absolute atomic E-state index is 0.340. The van der Waals surface area contributed by atoms with Gasteiger partial charge in [-0.1, -0.05) is 0 Å². The minimum Gasteiger partial charge on any atom is -0.384 e. The molecule has 2 heterocycles. The second kappa shape index (κ2) is 5.87. The molecule has 1 aromatic carbocycles. The summed E-state index contributed by atoms with van der Waals surface area (Å²) < 4.78 is 29.1. The average Bonchev–Trinajstić information content (AvgIpc) is 3.13. The number of hydrogen-bond acceptors (Lipinski definition) is 4. The summed E-state index contributed by atoms with van der Waals surface area (Å²) >= 11 is 0. The maximum Gasteiger partial charge on any atom is 0.240 e. The summed E-state index contributed by atoms with van der Waals surface area (Å²) in [6, 6.07) is 5.24. The number of aryl methyl sites for hydroxylation is 1. The molecule has 3 rings (SSSR count). The Balaban J connectivity index is 1.59. The normalized spacial score (nSPS) is 13.9. The van der Waals surface area contributed by atoms with Crippen molar-refractivity contribution in [3.05, 3.63) is 42.5 Å². The second-order valence-electron chi connectivity index (χ2n) is 5.05. The van der Waals surface area contributed by atoms with Crippen LogP contribution in [0.5, 0.6) is 0 Å². The van der Waals surface area contributed by atoms with Gasteiger partial charge in [0.05, 0.1) is 11.2 Å². The molecule has 0 atom stereocenters. The summed E-state index contributed by atoms with van der Waals surface area (Å²) in [4.78, 5) is 4.29. The topological polar surface area (TPSA) is 76.0 Å². The molecule has 0 spiro atoms. The SMILES string of the molecule is O=S(=O)(NCCCn1ccnc1)c1ccc2c(c1)CCN2. The molecule has 0 unspecified atom stereocenters. The molecule has 0 bridgehead atoms. The summed E-state index contributed by atoms with van der Waals surface area (Å²) in [5.74, 6) is 0. The number of aromatic nitrogens is 2. The number of hydrogen-bond donors (Lipinski definition) is 2. The van der Waals surface area contributed by atoms with Crippen LogP contribution in [0.15, 0.2) is 41.8 Å². The first-order chi connectivity index (χ1) is 10.1. The van der Waals surface area contributed by atoms with Gasteiger partial charge < -0.3 is 9.88 Å². The average molecular weight is 306 g/mol. The Labute approximate surface area is 124 Å². The van der Waals surface area contributed by atoms with Gasteiger partial charge in [-0.2, -0.15) is 0 Å². The van der Waals surface area contributed by atoms with Gasteiger partial charge in [-0.05, 0) is 36.6 Å². The smallest absolute Gasteiger partial charge is 0.240 e. The summed E-state index contributed by atoms with van der Waals surface area (Å²) in [7, 11) is -3.43. The van der Waals surface area contributed by atoms with E-state index >= 15 is 0 Å². The van der Waals surface area contributed by atoms with Crippen LogP contribution in [0.3, 0.4) is 0 Å². The van der Waals surface area contributed by atoms with Gasteiger partial charge in [0.15, 0.2) is 0 Å². The van der Waals surface area contributed by atoms with E-state index in [0.717, 1.165) is 37.2 Å². The van der Waals surface area contributed by atoms with Crippen molar-refractivity contribution in [3.8, 4) is 0 Å². The molecule has 21 heavy (non-hydrogen) atoms. The molecule has 2 aromatic rings. The lowest BCUT2D eigenvalue weighted by molar-refractivity contribution is 0.569. The van der Waals surface area contributed by atoms with Crippen molar-refractivity contribution >= 4 is 15.7 Å². The third-order valence-corrected chi connectivity index (χ3v) is 5.00. The monoisotopic (exact) mass is 306 g/mol. The first-order valence-electron chi connectivity index (χ1n) is 6.97. The van der Waals surface area contributed by atoms with Crippen molar-refractivity contribution in [2.45, 2.75) is 24.3 Å². The van der Waals surface area contributed by atoms with Gasteiger partial charge in [0, 0.05) is 37.7 Å². The first kappa shape index (κ1) is 14.1. The molecule has 0 aliphatic carbocycles. The number of benzene rings is 1. The van der Waals surface area contributed by atoms with E-state index in [1.54, 1.807) is 24.7 Å². The highest BCUT2D eigenvalue weighted by Gasteiger charge is 2.17. The zero-order chi connectivity index (χ0) is 14.7. The number of imidazole rings is 1. The molecule has 1 aliphatic rings. The summed E-state index contributed by atoms with van der Waals surface area (Å²) in [5, 5.41) is 3.22. The molecule has 0 saturated carbocycles. The fourth-order valence-electron chi connectivity index (χ4n) is 2.42. The van der Waals surface area contributed by atoms with Crippen LogP contribution in [0.4, 0.5) is 5.69 Å². The maximum atomic E-state index is 12.2. The van der Waals surface area contributed by atoms with E-state index in [0.29, 0.717) is 11.4 Å². The highest BCUT2D eigenvalue weighted by atomic mass is 32.2. The molecular weight excluding hydrogens is 288 g/mol. The molecule has 6 nitrogen and oxygen atoms in total. The Hall–Kier alpha value is -1.86. The maximum absolute atomic E-state index is 12.2. The predicted octanol–water partition coefficient (Wildman–Crippen LogP) is 1.22. The van der Waals surface area contributed by atoms with Crippen LogP contribution in [0.25, 0.3) is 0 Å². The van der Waals surface area contributed by atoms with E-state index in [1.807, 2.05) is 16.8 Å². The molecular formula is C14H18N4O2S. The van der Waals surface area contributed by atoms with E-state index in [1.165, 1.54) is 0 Å². The van der Waals surface area contributed by atoms with Crippen LogP contribution in [0.1, 0.15) is 12.0 Å². The van der Waals surface area contributed by atoms with Crippen molar-refractivity contribution in [2.75, 3.05) is 18.4 Å². The van der Waals surface area contributed by atoms with Crippen LogP contribution in [-0.2, 0) is 23.0 Å². The third-order valence-electron chi connectivity index (χ3n) is 3.54. The van der Waals surface area contributed by atoms with E-state index in [-0.39, 0.29) is 0 Å². The molecule has 0 fully saturated rings. The summed E-state index contributed by atoms with van der Waals surface area (Å²) in [5.41, 5.74) is 2.10. The number of rotatable bonds is 6. The van der Waals surface area contributed by atoms with E-state index < -0.39 is 10.0 Å². The van der Waals surface area contributed by atoms with Crippen molar-refractivity contribution < 1.29 is 8.42 Å². The van der Waals surface area contributed by atoms with Crippen LogP contribution < -0.4 is 10.0 Å². The van der Waals surface area contributed by atoms with Crippen molar-refractivity contribution in [1.29, 1.82) is 0 Å². The zero-order valence-corrected chi connectivity index (χ0v) is 12.4. The van der Waals surface area contributed by atoms with E-state index in [4.69, 9.17) is 0 Å². The molecule has 112 valence electrons. The zero-order valence-electron chi connectivity index (χ0n) is 11.6. The Morgan fingerprint density at radius 1 is 1.38 bits per heavy atom. The van der Waals surface area contributed by atoms with Gasteiger partial charge in [0.25, 0.3) is 0 Å². The Morgan fingerprint density at radius 3 is 3.10 bits per heavy atom. The van der Waals surface area contributed by atoms with Gasteiger partial charge in [-0.25, -0.2) is 18.1 Å². The molecule has 0 amide bonds. The molecule has 2 N–H and O–H groups in total. The lowest BCUT2D eigenvalue weighted by atomic mass is 10.2. The Bertz CT molecular complexity index is 711. The van der Waals surface area contributed by atoms with Crippen molar-refractivity contribution in [2.24, 2.45) is 0 Å². The van der Waals surface area contributed by atoms with Crippen molar-refractivity contribution in [3.63, 3.8) is 0 Å². The van der Waals surface area contributed by atoms with Crippen molar-refractivity contribution in [1.82, 2.24) is 14.3 Å². The minimum atomic E-state index is -3.43. The second-order valence-corrected chi connectivity index (χ2v) is 6.81. The Morgan fingerprint density at radius 2 is 2.29 bits per heavy atom. The number of sulfonamides is 1. The van der Waals surface area contributed by atoms with Gasteiger partial charge in [-0.3, -0.25) is 0 Å². The Kier molecular flexibility index (Phi) is 3.94. The molecule has 0 radical (unpaired) electrons. The van der Waals surface area contributed by atoms with Gasteiger partial charge >= 0.3 is 0 Å². The molecule has 7 heteroatoms. The predicted molar refractivity (Wildman–Crippen MR) is 80.7 cm³/mol. The van der Waals surface area contributed by atoms with E-state index in [2.05, 4.69) is 15.0 Å². The van der Waals surface area contributed by atoms with Crippen LogP contribution in [0, 0.1) is 0 Å². The van der Waals surface area contributed by atoms with Crippen LogP contribution >= 0.6 is 0 Å². The van der Waals surface area contributed by atoms with Gasteiger partial charge in [-0.15, -0.1) is 0 Å². The highest BCUT2D eigenvalue weighted by molar-refractivity contribution is 7.89. The summed E-state index contributed by atoms with van der Waals surface area (Å²) in [6.45, 7) is 2.03. The number of fused-ring (bicyclic) bond motifs is 1. The molecule has 1 aromatic heterocycles. The third kappa shape index (κ3) is 3.25. The molecule has 0 saturated heterocycles. The van der Waals surface area contributed by atoms with Gasteiger partial charge in [0.1, 0.15) is 0 Å². The quantitative estimate of drug-likeness (QED) is 0.787. The molecule has 1 aliphatic heterocycles. The number of anilines is 1. The lowest BCUT2D eigenvalue weighted by Gasteiger charge is -2.08. The largest absolute Gasteiger partial charge is 0.384 e. The number of nitrogens with one attached hydrogen (secondary N) is 2. The van der Waals surface area contributed by atoms with Gasteiger partial charge in [0.2, 0.25) is 10.0 Å². The first-order valence-corrected chi connectivity index (χ1v) is 8.46. The standard InChI is InChI=1S/C14H18N4O2S/c19-21(20,17-5-1-8-18-9-7-15-11-18)13-2-3-14-12(10-13)4-6-16-14/h2-3,7,9-11,16-17H,1,4-6,8H2.